The topological polar surface area (TPSA) is 67.0 Å². The predicted octanol–water partition coefficient (Wildman–Crippen LogP) is 3.51. The Morgan fingerprint density at radius 3 is 2.74 bits per heavy atom. The Morgan fingerprint density at radius 2 is 2.04 bits per heavy atom. The van der Waals surface area contributed by atoms with Crippen LogP contribution < -0.4 is 5.43 Å². The first-order valence-electron chi connectivity index (χ1n) is 6.40. The van der Waals surface area contributed by atoms with Crippen LogP contribution in [0.5, 0.6) is 0 Å². The van der Waals surface area contributed by atoms with Gasteiger partial charge >= 0.3 is 6.18 Å². The van der Waals surface area contributed by atoms with E-state index >= 15 is 0 Å². The number of para-hydroxylation sites is 2. The Kier molecular flexibility index (Phi) is 3.86. The number of benzene rings is 1. The summed E-state index contributed by atoms with van der Waals surface area (Å²) in [6.07, 6.45) is -3.47. The summed E-state index contributed by atoms with van der Waals surface area (Å²) in [7, 11) is 0. The third kappa shape index (κ3) is 2.94. The summed E-state index contributed by atoms with van der Waals surface area (Å²) >= 11 is 5.73. The first-order valence-corrected chi connectivity index (χ1v) is 6.84. The molecular formula is C12H10ClF3N6O. The van der Waals surface area contributed by atoms with Crippen molar-refractivity contribution in [2.75, 3.05) is 0 Å². The summed E-state index contributed by atoms with van der Waals surface area (Å²) in [5, 5.41) is 7.87. The molecule has 2 heterocycles. The van der Waals surface area contributed by atoms with Crippen LogP contribution in [-0.2, 0) is 11.0 Å². The van der Waals surface area contributed by atoms with Gasteiger partial charge < -0.3 is 0 Å². The first-order chi connectivity index (χ1) is 10.9. The molecule has 1 unspecified atom stereocenters. The summed E-state index contributed by atoms with van der Waals surface area (Å²) in [5.41, 5.74) is 1.97. The molecule has 0 spiro atoms. The Morgan fingerprint density at radius 1 is 1.30 bits per heavy atom. The third-order valence-electron chi connectivity index (χ3n) is 2.86. The fourth-order valence-electron chi connectivity index (χ4n) is 2.06. The van der Waals surface area contributed by atoms with E-state index in [0.717, 1.165) is 9.74 Å². The van der Waals surface area contributed by atoms with Gasteiger partial charge in [0.05, 0.1) is 17.2 Å². The van der Waals surface area contributed by atoms with Crippen LogP contribution in [0.15, 0.2) is 40.9 Å². The van der Waals surface area contributed by atoms with Gasteiger partial charge in [-0.15, -0.1) is 0 Å². The third-order valence-corrected chi connectivity index (χ3v) is 2.94. The van der Waals surface area contributed by atoms with Crippen molar-refractivity contribution in [1.82, 2.24) is 20.1 Å². The number of alkyl halides is 4. The molecule has 11 heteroatoms. The van der Waals surface area contributed by atoms with Gasteiger partial charge in [0.1, 0.15) is 0 Å². The molecule has 1 aliphatic rings. The molecule has 122 valence electrons. The second-order valence-corrected chi connectivity index (χ2v) is 5.11. The summed E-state index contributed by atoms with van der Waals surface area (Å²) in [6.45, 7) is 1.49. The van der Waals surface area contributed by atoms with Gasteiger partial charge in [-0.25, -0.2) is 9.82 Å². The zero-order valence-electron chi connectivity index (χ0n) is 11.6. The van der Waals surface area contributed by atoms with Crippen molar-refractivity contribution in [3.8, 4) is 0 Å². The van der Waals surface area contributed by atoms with Crippen molar-refractivity contribution in [3.63, 3.8) is 0 Å². The minimum Gasteiger partial charge on any atom is -0.269 e. The number of fused-ring (bicyclic) bond motifs is 1. The van der Waals surface area contributed by atoms with Crippen LogP contribution in [0.4, 0.5) is 13.2 Å². The van der Waals surface area contributed by atoms with Crippen LogP contribution in [0.3, 0.4) is 0 Å². The molecule has 2 aromatic rings. The first kappa shape index (κ1) is 15.6. The van der Waals surface area contributed by atoms with Crippen molar-refractivity contribution >= 4 is 28.5 Å². The highest BCUT2D eigenvalue weighted by Gasteiger charge is 2.40. The van der Waals surface area contributed by atoms with Crippen molar-refractivity contribution in [2.24, 2.45) is 10.4 Å². The van der Waals surface area contributed by atoms with E-state index in [2.05, 4.69) is 20.9 Å². The molecule has 7 nitrogen and oxygen atoms in total. The van der Waals surface area contributed by atoms with Gasteiger partial charge in [-0.05, 0) is 29.5 Å². The van der Waals surface area contributed by atoms with E-state index in [1.54, 1.807) is 12.1 Å². The molecule has 1 atom stereocenters. The van der Waals surface area contributed by atoms with E-state index in [0.29, 0.717) is 0 Å². The lowest BCUT2D eigenvalue weighted by molar-refractivity contribution is -0.151. The lowest BCUT2D eigenvalue weighted by Gasteiger charge is -2.25. The molecule has 0 saturated carbocycles. The Balaban J connectivity index is 2.19. The molecule has 1 N–H and O–H groups in total. The van der Waals surface area contributed by atoms with E-state index in [-0.39, 0.29) is 16.9 Å². The Bertz CT molecular complexity index is 785. The van der Waals surface area contributed by atoms with Crippen LogP contribution in [0.25, 0.3) is 16.9 Å². The molecular weight excluding hydrogens is 337 g/mol. The fraction of sp³-hybridized carbons (Fsp3) is 0.250. The number of nitrogens with zero attached hydrogens (tertiary/aromatic N) is 5. The minimum atomic E-state index is -4.67. The fourth-order valence-corrected chi connectivity index (χ4v) is 2.14. The number of imidazole rings is 1. The lowest BCUT2D eigenvalue weighted by atomic mass is 10.3. The zero-order chi connectivity index (χ0) is 16.6. The average molecular weight is 347 g/mol. The summed E-state index contributed by atoms with van der Waals surface area (Å²) in [4.78, 5) is 8.81. The highest BCUT2D eigenvalue weighted by molar-refractivity contribution is 6.19. The van der Waals surface area contributed by atoms with Gasteiger partial charge in [-0.3, -0.25) is 9.99 Å². The monoisotopic (exact) mass is 346 g/mol. The van der Waals surface area contributed by atoms with E-state index in [1.165, 1.54) is 25.3 Å². The maximum atomic E-state index is 13.4. The lowest BCUT2D eigenvalue weighted by Crippen LogP contribution is -2.29. The molecule has 1 aliphatic heterocycles. The minimum absolute atomic E-state index is 0.0754. The number of hydrogen-bond acceptors (Lipinski definition) is 6. The molecule has 0 bridgehead atoms. The van der Waals surface area contributed by atoms with Gasteiger partial charge in [0.15, 0.2) is 11.4 Å². The number of halogens is 4. The van der Waals surface area contributed by atoms with Crippen molar-refractivity contribution < 1.29 is 18.0 Å². The van der Waals surface area contributed by atoms with E-state index in [1.807, 2.05) is 0 Å². The highest BCUT2D eigenvalue weighted by Crippen LogP contribution is 2.35. The standard InChI is InChI=1S/C12H10ClF3N6O/c1-7(13)23-22-10(6-17-19-20-22)21-9-5-3-2-4-8(9)18-11(21)12(14,15)16/h2-7H,1H3,(H,17,20). The maximum absolute atomic E-state index is 13.4. The van der Waals surface area contributed by atoms with Crippen LogP contribution >= 0.6 is 11.6 Å². The Hall–Kier alpha value is -2.33. The molecule has 0 saturated heterocycles. The molecule has 0 amide bonds. The van der Waals surface area contributed by atoms with E-state index in [4.69, 9.17) is 16.4 Å². The predicted molar refractivity (Wildman–Crippen MR) is 75.2 cm³/mol. The van der Waals surface area contributed by atoms with E-state index in [9.17, 15) is 13.2 Å². The molecule has 0 radical (unpaired) electrons. The second-order valence-electron chi connectivity index (χ2n) is 4.50. The molecule has 0 fully saturated rings. The molecule has 23 heavy (non-hydrogen) atoms. The number of hydrogen-bond donors (Lipinski definition) is 1. The maximum Gasteiger partial charge on any atom is 0.450 e. The van der Waals surface area contributed by atoms with Crippen LogP contribution in [-0.4, -0.2) is 20.3 Å². The number of hydroxylamine groups is 1. The van der Waals surface area contributed by atoms with Crippen molar-refractivity contribution in [1.29, 1.82) is 0 Å². The van der Waals surface area contributed by atoms with E-state index < -0.39 is 17.6 Å². The quantitative estimate of drug-likeness (QED) is 0.864. The second kappa shape index (κ2) is 5.70. The zero-order valence-corrected chi connectivity index (χ0v) is 12.4. The smallest absolute Gasteiger partial charge is 0.269 e. The summed E-state index contributed by atoms with van der Waals surface area (Å²) in [5.74, 6) is -1.19. The summed E-state index contributed by atoms with van der Waals surface area (Å²) in [6, 6.07) is 6.19. The van der Waals surface area contributed by atoms with Gasteiger partial charge in [0.25, 0.3) is 0 Å². The largest absolute Gasteiger partial charge is 0.450 e. The normalized spacial score (nSPS) is 16.4. The van der Waals surface area contributed by atoms with Gasteiger partial charge in [-0.2, -0.15) is 13.2 Å². The molecule has 3 rings (SSSR count). The van der Waals surface area contributed by atoms with Gasteiger partial charge in [0.2, 0.25) is 5.82 Å². The number of aromatic nitrogens is 2. The van der Waals surface area contributed by atoms with Crippen LogP contribution in [0, 0.1) is 0 Å². The Labute approximate surface area is 132 Å². The van der Waals surface area contributed by atoms with Gasteiger partial charge in [-0.1, -0.05) is 28.9 Å². The highest BCUT2D eigenvalue weighted by atomic mass is 35.5. The average Bonchev–Trinajstić information content (AvgIpc) is 2.87. The van der Waals surface area contributed by atoms with Crippen LogP contribution in [0.2, 0.25) is 0 Å². The van der Waals surface area contributed by atoms with Crippen molar-refractivity contribution in [2.45, 2.75) is 18.7 Å². The SMILES string of the molecule is CC(Cl)ON1N=NNC=C1n1c(C(F)(F)F)nc2ccccc21. The molecule has 1 aromatic carbocycles. The summed E-state index contributed by atoms with van der Waals surface area (Å²) < 4.78 is 41.0. The van der Waals surface area contributed by atoms with Gasteiger partial charge in [0, 0.05) is 0 Å². The van der Waals surface area contributed by atoms with Crippen molar-refractivity contribution in [3.05, 3.63) is 36.3 Å². The number of nitrogens with one attached hydrogen (secondary N) is 1. The molecule has 1 aromatic heterocycles. The molecule has 0 aliphatic carbocycles. The van der Waals surface area contributed by atoms with Crippen LogP contribution in [0.1, 0.15) is 12.7 Å². The number of rotatable bonds is 3.